The summed E-state index contributed by atoms with van der Waals surface area (Å²) in [4.78, 5) is 23.5. The van der Waals surface area contributed by atoms with Crippen LogP contribution in [0, 0.1) is 17.8 Å². The predicted octanol–water partition coefficient (Wildman–Crippen LogP) is 3.36. The summed E-state index contributed by atoms with van der Waals surface area (Å²) in [6, 6.07) is 0. The fourth-order valence-corrected chi connectivity index (χ4v) is 2.63. The molecule has 1 aliphatic rings. The van der Waals surface area contributed by atoms with E-state index in [4.69, 9.17) is 4.74 Å². The van der Waals surface area contributed by atoms with Crippen LogP contribution in [-0.4, -0.2) is 18.4 Å². The van der Waals surface area contributed by atoms with Crippen molar-refractivity contribution in [3.63, 3.8) is 0 Å². The molecule has 3 nitrogen and oxygen atoms in total. The van der Waals surface area contributed by atoms with E-state index in [9.17, 15) is 9.59 Å². The topological polar surface area (TPSA) is 43.4 Å². The molecule has 0 saturated heterocycles. The van der Waals surface area contributed by atoms with E-state index in [-0.39, 0.29) is 17.8 Å². The zero-order valence-corrected chi connectivity index (χ0v) is 11.9. The minimum absolute atomic E-state index is 0.0918. The van der Waals surface area contributed by atoms with Crippen molar-refractivity contribution in [3.8, 4) is 0 Å². The van der Waals surface area contributed by atoms with Crippen LogP contribution in [-0.2, 0) is 14.3 Å². The average molecular weight is 254 g/mol. The van der Waals surface area contributed by atoms with Gasteiger partial charge in [-0.15, -0.1) is 0 Å². The molecule has 0 radical (unpaired) electrons. The second-order valence-corrected chi connectivity index (χ2v) is 5.55. The lowest BCUT2D eigenvalue weighted by molar-refractivity contribution is -0.145. The third-order valence-electron chi connectivity index (χ3n) is 3.99. The number of rotatable bonds is 7. The molecule has 0 aromatic heterocycles. The van der Waals surface area contributed by atoms with Crippen molar-refractivity contribution in [3.05, 3.63) is 0 Å². The highest BCUT2D eigenvalue weighted by atomic mass is 16.5. The summed E-state index contributed by atoms with van der Waals surface area (Å²) in [7, 11) is 0. The van der Waals surface area contributed by atoms with Crippen molar-refractivity contribution in [2.24, 2.45) is 17.8 Å². The molecule has 1 fully saturated rings. The lowest BCUT2D eigenvalue weighted by Crippen LogP contribution is -2.21. The zero-order valence-electron chi connectivity index (χ0n) is 11.9. The first-order valence-electron chi connectivity index (χ1n) is 7.26. The highest BCUT2D eigenvalue weighted by Gasteiger charge is 2.36. The van der Waals surface area contributed by atoms with E-state index in [1.165, 1.54) is 0 Å². The van der Waals surface area contributed by atoms with Crippen molar-refractivity contribution in [2.45, 2.75) is 59.3 Å². The van der Waals surface area contributed by atoms with Gasteiger partial charge in [0.05, 0.1) is 6.61 Å². The van der Waals surface area contributed by atoms with Crippen LogP contribution in [0.15, 0.2) is 0 Å². The van der Waals surface area contributed by atoms with Gasteiger partial charge < -0.3 is 4.74 Å². The van der Waals surface area contributed by atoms with Crippen LogP contribution in [0.5, 0.6) is 0 Å². The Morgan fingerprint density at radius 2 is 2.17 bits per heavy atom. The fraction of sp³-hybridized carbons (Fsp3) is 0.867. The van der Waals surface area contributed by atoms with E-state index < -0.39 is 0 Å². The molecular formula is C15H26O3. The Labute approximate surface area is 110 Å². The minimum atomic E-state index is -0.134. The fourth-order valence-electron chi connectivity index (χ4n) is 2.63. The van der Waals surface area contributed by atoms with Crippen molar-refractivity contribution in [1.29, 1.82) is 0 Å². The smallest absolute Gasteiger partial charge is 0.306 e. The second kappa shape index (κ2) is 7.55. The summed E-state index contributed by atoms with van der Waals surface area (Å²) in [6.45, 7) is 6.81. The van der Waals surface area contributed by atoms with Crippen LogP contribution < -0.4 is 0 Å². The molecule has 0 heterocycles. The van der Waals surface area contributed by atoms with Gasteiger partial charge >= 0.3 is 5.97 Å². The van der Waals surface area contributed by atoms with Gasteiger partial charge in [-0.3, -0.25) is 9.59 Å². The zero-order chi connectivity index (χ0) is 13.5. The van der Waals surface area contributed by atoms with E-state index in [1.54, 1.807) is 0 Å². The van der Waals surface area contributed by atoms with Gasteiger partial charge in [0.25, 0.3) is 0 Å². The molecule has 18 heavy (non-hydrogen) atoms. The second-order valence-electron chi connectivity index (χ2n) is 5.55. The van der Waals surface area contributed by atoms with Gasteiger partial charge in [0.15, 0.2) is 0 Å². The normalized spacial score (nSPS) is 25.2. The first-order valence-corrected chi connectivity index (χ1v) is 7.26. The molecule has 0 amide bonds. The van der Waals surface area contributed by atoms with Crippen molar-refractivity contribution >= 4 is 11.8 Å². The molecule has 3 unspecified atom stereocenters. The number of esters is 1. The molecule has 0 aromatic rings. The standard InChI is InChI=1S/C15H26O3/c1-4-8-18-15(17)10-12-6-7-14(16)13(12)9-11(3)5-2/h11-13H,4-10H2,1-3H3. The first kappa shape index (κ1) is 15.2. The summed E-state index contributed by atoms with van der Waals surface area (Å²) < 4.78 is 5.12. The maximum absolute atomic E-state index is 11.9. The van der Waals surface area contributed by atoms with Crippen LogP contribution in [0.1, 0.15) is 59.3 Å². The Hall–Kier alpha value is -0.860. The van der Waals surface area contributed by atoms with Crippen LogP contribution in [0.2, 0.25) is 0 Å². The predicted molar refractivity (Wildman–Crippen MR) is 71.2 cm³/mol. The maximum Gasteiger partial charge on any atom is 0.306 e. The van der Waals surface area contributed by atoms with Gasteiger partial charge in [-0.05, 0) is 31.1 Å². The highest BCUT2D eigenvalue weighted by Crippen LogP contribution is 2.36. The summed E-state index contributed by atoms with van der Waals surface area (Å²) in [5.74, 6) is 1.09. The van der Waals surface area contributed by atoms with Gasteiger partial charge in [0, 0.05) is 18.8 Å². The van der Waals surface area contributed by atoms with E-state index >= 15 is 0 Å². The lowest BCUT2D eigenvalue weighted by Gasteiger charge is -2.20. The van der Waals surface area contributed by atoms with Gasteiger partial charge in [0.1, 0.15) is 5.78 Å². The number of carbonyl (C=O) groups is 2. The van der Waals surface area contributed by atoms with Crippen LogP contribution in [0.25, 0.3) is 0 Å². The van der Waals surface area contributed by atoms with Gasteiger partial charge in [-0.2, -0.15) is 0 Å². The molecule has 3 atom stereocenters. The van der Waals surface area contributed by atoms with Crippen LogP contribution >= 0.6 is 0 Å². The Morgan fingerprint density at radius 3 is 2.78 bits per heavy atom. The van der Waals surface area contributed by atoms with Crippen molar-refractivity contribution < 1.29 is 14.3 Å². The van der Waals surface area contributed by atoms with Crippen LogP contribution in [0.4, 0.5) is 0 Å². The molecular weight excluding hydrogens is 228 g/mol. The average Bonchev–Trinajstić information content (AvgIpc) is 2.68. The summed E-state index contributed by atoms with van der Waals surface area (Å²) in [5.41, 5.74) is 0. The third-order valence-corrected chi connectivity index (χ3v) is 3.99. The first-order chi connectivity index (χ1) is 8.58. The van der Waals surface area contributed by atoms with Gasteiger partial charge in [-0.1, -0.05) is 27.2 Å². The highest BCUT2D eigenvalue weighted by molar-refractivity contribution is 5.84. The molecule has 0 aliphatic heterocycles. The maximum atomic E-state index is 11.9. The third kappa shape index (κ3) is 4.43. The van der Waals surface area contributed by atoms with E-state index in [2.05, 4.69) is 13.8 Å². The SMILES string of the molecule is CCCOC(=O)CC1CCC(=O)C1CC(C)CC. The Bertz CT molecular complexity index is 285. The molecule has 0 spiro atoms. The van der Waals surface area contributed by atoms with Crippen LogP contribution in [0.3, 0.4) is 0 Å². The monoisotopic (exact) mass is 254 g/mol. The lowest BCUT2D eigenvalue weighted by atomic mass is 9.84. The Morgan fingerprint density at radius 1 is 1.44 bits per heavy atom. The van der Waals surface area contributed by atoms with E-state index in [1.807, 2.05) is 6.92 Å². The van der Waals surface area contributed by atoms with E-state index in [0.717, 1.165) is 25.7 Å². The number of ketones is 1. The Balaban J connectivity index is 2.47. The molecule has 1 aliphatic carbocycles. The number of Topliss-reactive ketones (excluding diaryl/α,β-unsaturated/α-hetero) is 1. The molecule has 0 bridgehead atoms. The quantitative estimate of drug-likeness (QED) is 0.654. The van der Waals surface area contributed by atoms with Crippen molar-refractivity contribution in [2.75, 3.05) is 6.61 Å². The summed E-state index contributed by atoms with van der Waals surface area (Å²) in [6.07, 6.45) is 4.81. The van der Waals surface area contributed by atoms with E-state index in [0.29, 0.717) is 31.1 Å². The molecule has 0 aromatic carbocycles. The number of carbonyl (C=O) groups excluding carboxylic acids is 2. The molecule has 0 N–H and O–H groups in total. The largest absolute Gasteiger partial charge is 0.466 e. The number of ether oxygens (including phenoxy) is 1. The van der Waals surface area contributed by atoms with Gasteiger partial charge in [-0.25, -0.2) is 0 Å². The molecule has 104 valence electrons. The molecule has 1 saturated carbocycles. The Kier molecular flexibility index (Phi) is 6.37. The van der Waals surface area contributed by atoms with Gasteiger partial charge in [0.2, 0.25) is 0 Å². The number of hydrogen-bond donors (Lipinski definition) is 0. The molecule has 1 rings (SSSR count). The van der Waals surface area contributed by atoms with Crippen molar-refractivity contribution in [1.82, 2.24) is 0 Å². The summed E-state index contributed by atoms with van der Waals surface area (Å²) in [5, 5.41) is 0. The molecule has 3 heteroatoms. The minimum Gasteiger partial charge on any atom is -0.466 e. The summed E-state index contributed by atoms with van der Waals surface area (Å²) >= 11 is 0. The number of hydrogen-bond acceptors (Lipinski definition) is 3.